The summed E-state index contributed by atoms with van der Waals surface area (Å²) in [6.07, 6.45) is 22.4. The second-order valence-electron chi connectivity index (χ2n) is 10.3. The molecule has 1 heteroatoms. The lowest BCUT2D eigenvalue weighted by molar-refractivity contribution is -0.00265. The van der Waals surface area contributed by atoms with E-state index in [1.807, 2.05) is 7.11 Å². The van der Waals surface area contributed by atoms with E-state index in [0.29, 0.717) is 6.10 Å². The van der Waals surface area contributed by atoms with Crippen molar-refractivity contribution in [2.24, 2.45) is 41.4 Å². The van der Waals surface area contributed by atoms with Gasteiger partial charge in [0, 0.05) is 7.11 Å². The highest BCUT2D eigenvalue weighted by molar-refractivity contribution is 4.95. The van der Waals surface area contributed by atoms with Crippen molar-refractivity contribution in [2.75, 3.05) is 7.11 Å². The van der Waals surface area contributed by atoms with E-state index in [1.54, 1.807) is 0 Å². The topological polar surface area (TPSA) is 9.23 Å². The highest BCUT2D eigenvalue weighted by Crippen LogP contribution is 2.50. The zero-order chi connectivity index (χ0) is 19.2. The number of unbranched alkanes of at least 4 members (excludes halogenated alkanes) is 1. The molecule has 0 aliphatic heterocycles. The Morgan fingerprint density at radius 1 is 0.741 bits per heavy atom. The molecule has 3 aliphatic rings. The Balaban J connectivity index is 1.48. The van der Waals surface area contributed by atoms with E-state index >= 15 is 0 Å². The third-order valence-corrected chi connectivity index (χ3v) is 8.96. The fraction of sp³-hybridized carbons (Fsp3) is 0.923. The van der Waals surface area contributed by atoms with Crippen LogP contribution >= 0.6 is 0 Å². The Bertz CT molecular complexity index is 439. The molecule has 0 amide bonds. The predicted molar refractivity (Wildman–Crippen MR) is 117 cm³/mol. The molecule has 3 rings (SSSR count). The molecule has 156 valence electrons. The first kappa shape index (κ1) is 21.4. The van der Waals surface area contributed by atoms with Crippen molar-refractivity contribution in [1.29, 1.82) is 0 Å². The van der Waals surface area contributed by atoms with Gasteiger partial charge in [-0.15, -0.1) is 0 Å². The average Bonchev–Trinajstić information content (AvgIpc) is 2.71. The number of rotatable bonds is 6. The summed E-state index contributed by atoms with van der Waals surface area (Å²) in [4.78, 5) is 0. The largest absolute Gasteiger partial charge is 0.381 e. The van der Waals surface area contributed by atoms with Crippen LogP contribution < -0.4 is 0 Å². The van der Waals surface area contributed by atoms with Crippen molar-refractivity contribution in [3.63, 3.8) is 0 Å². The van der Waals surface area contributed by atoms with E-state index < -0.39 is 0 Å². The molecule has 0 spiro atoms. The molecular formula is C26H46O. The Morgan fingerprint density at radius 3 is 1.74 bits per heavy atom. The van der Waals surface area contributed by atoms with Crippen LogP contribution in [-0.4, -0.2) is 13.2 Å². The molecule has 0 heterocycles. The molecule has 3 aliphatic carbocycles. The van der Waals surface area contributed by atoms with Gasteiger partial charge in [0.2, 0.25) is 0 Å². The molecule has 0 aromatic carbocycles. The Morgan fingerprint density at radius 2 is 1.26 bits per heavy atom. The van der Waals surface area contributed by atoms with Gasteiger partial charge in [0.05, 0.1) is 6.10 Å². The van der Waals surface area contributed by atoms with Crippen LogP contribution in [0.5, 0.6) is 0 Å². The molecule has 4 unspecified atom stereocenters. The van der Waals surface area contributed by atoms with Crippen molar-refractivity contribution in [2.45, 2.75) is 104 Å². The SMILES string of the molecule is CCC/C=C/C1CCC(C2CCC(C3CCC(OC)CC3)C(C)C2C)CC1. The number of hydrogen-bond donors (Lipinski definition) is 0. The van der Waals surface area contributed by atoms with Crippen LogP contribution in [0, 0.1) is 41.4 Å². The van der Waals surface area contributed by atoms with Crippen LogP contribution in [0.4, 0.5) is 0 Å². The molecule has 0 bridgehead atoms. The minimum atomic E-state index is 0.548. The Kier molecular flexibility index (Phi) is 8.30. The number of allylic oxidation sites excluding steroid dienone is 2. The van der Waals surface area contributed by atoms with Crippen molar-refractivity contribution < 1.29 is 4.74 Å². The van der Waals surface area contributed by atoms with Crippen LogP contribution in [-0.2, 0) is 4.74 Å². The summed E-state index contributed by atoms with van der Waals surface area (Å²) in [5.41, 5.74) is 0. The lowest BCUT2D eigenvalue weighted by atomic mass is 9.58. The summed E-state index contributed by atoms with van der Waals surface area (Å²) in [7, 11) is 1.90. The fourth-order valence-electron chi connectivity index (χ4n) is 6.99. The molecule has 0 radical (unpaired) electrons. The first-order valence-electron chi connectivity index (χ1n) is 12.3. The maximum Gasteiger partial charge on any atom is 0.0571 e. The summed E-state index contributed by atoms with van der Waals surface area (Å²) in [5, 5.41) is 0. The monoisotopic (exact) mass is 374 g/mol. The Labute approximate surface area is 169 Å². The summed E-state index contributed by atoms with van der Waals surface area (Å²) in [5.74, 6) is 6.73. The van der Waals surface area contributed by atoms with Gasteiger partial charge in [-0.25, -0.2) is 0 Å². The van der Waals surface area contributed by atoms with Crippen molar-refractivity contribution >= 4 is 0 Å². The normalized spacial score (nSPS) is 43.9. The van der Waals surface area contributed by atoms with Crippen molar-refractivity contribution in [3.05, 3.63) is 12.2 Å². The standard InChI is InChI=1S/C26H46O/c1-5-6-7-8-21-9-11-22(12-10-21)25-17-18-26(20(3)19(25)2)23-13-15-24(27-4)16-14-23/h7-8,19-26H,5-6,9-18H2,1-4H3/b8-7+. The number of hydrogen-bond acceptors (Lipinski definition) is 1. The zero-order valence-corrected chi connectivity index (χ0v) is 18.7. The second-order valence-corrected chi connectivity index (χ2v) is 10.3. The number of methoxy groups -OCH3 is 1. The van der Waals surface area contributed by atoms with Crippen molar-refractivity contribution in [1.82, 2.24) is 0 Å². The van der Waals surface area contributed by atoms with Gasteiger partial charge in [-0.05, 0) is 112 Å². The molecule has 27 heavy (non-hydrogen) atoms. The molecule has 4 atom stereocenters. The van der Waals surface area contributed by atoms with Gasteiger partial charge in [-0.3, -0.25) is 0 Å². The maximum absolute atomic E-state index is 5.61. The molecule has 0 aromatic heterocycles. The average molecular weight is 375 g/mol. The Hall–Kier alpha value is -0.300. The zero-order valence-electron chi connectivity index (χ0n) is 18.7. The van der Waals surface area contributed by atoms with Gasteiger partial charge >= 0.3 is 0 Å². The molecule has 0 N–H and O–H groups in total. The molecule has 1 nitrogen and oxygen atoms in total. The van der Waals surface area contributed by atoms with E-state index in [2.05, 4.69) is 32.9 Å². The summed E-state index contributed by atoms with van der Waals surface area (Å²) < 4.78 is 5.61. The van der Waals surface area contributed by atoms with Gasteiger partial charge in [0.15, 0.2) is 0 Å². The minimum absolute atomic E-state index is 0.548. The van der Waals surface area contributed by atoms with Gasteiger partial charge in [0.25, 0.3) is 0 Å². The van der Waals surface area contributed by atoms with E-state index in [0.717, 1.165) is 41.4 Å². The predicted octanol–water partition coefficient (Wildman–Crippen LogP) is 7.65. The molecule has 3 saturated carbocycles. The molecular weight excluding hydrogens is 328 g/mol. The molecule has 0 saturated heterocycles. The quantitative estimate of drug-likeness (QED) is 0.434. The van der Waals surface area contributed by atoms with Crippen LogP contribution in [0.3, 0.4) is 0 Å². The van der Waals surface area contributed by atoms with E-state index in [9.17, 15) is 0 Å². The van der Waals surface area contributed by atoms with Crippen LogP contribution in [0.2, 0.25) is 0 Å². The van der Waals surface area contributed by atoms with Gasteiger partial charge in [-0.1, -0.05) is 39.3 Å². The minimum Gasteiger partial charge on any atom is -0.381 e. The lowest BCUT2D eigenvalue weighted by Gasteiger charge is -2.48. The highest BCUT2D eigenvalue weighted by Gasteiger charge is 2.41. The van der Waals surface area contributed by atoms with E-state index in [-0.39, 0.29) is 0 Å². The molecule has 0 aromatic rings. The summed E-state index contributed by atoms with van der Waals surface area (Å²) >= 11 is 0. The van der Waals surface area contributed by atoms with Gasteiger partial charge in [-0.2, -0.15) is 0 Å². The van der Waals surface area contributed by atoms with Crippen molar-refractivity contribution in [3.8, 4) is 0 Å². The fourth-order valence-corrected chi connectivity index (χ4v) is 6.99. The third kappa shape index (κ3) is 5.40. The van der Waals surface area contributed by atoms with Crippen LogP contribution in [0.25, 0.3) is 0 Å². The number of ether oxygens (including phenoxy) is 1. The van der Waals surface area contributed by atoms with E-state index in [1.165, 1.54) is 77.0 Å². The maximum atomic E-state index is 5.61. The van der Waals surface area contributed by atoms with Gasteiger partial charge in [0.1, 0.15) is 0 Å². The van der Waals surface area contributed by atoms with E-state index in [4.69, 9.17) is 4.74 Å². The lowest BCUT2D eigenvalue weighted by Crippen LogP contribution is -2.40. The van der Waals surface area contributed by atoms with Crippen LogP contribution in [0.15, 0.2) is 12.2 Å². The first-order valence-corrected chi connectivity index (χ1v) is 12.3. The van der Waals surface area contributed by atoms with Crippen LogP contribution in [0.1, 0.15) is 97.8 Å². The second kappa shape index (κ2) is 10.5. The smallest absolute Gasteiger partial charge is 0.0571 e. The van der Waals surface area contributed by atoms with Gasteiger partial charge < -0.3 is 4.74 Å². The first-order chi connectivity index (χ1) is 13.1. The third-order valence-electron chi connectivity index (χ3n) is 8.96. The molecule has 3 fully saturated rings. The summed E-state index contributed by atoms with van der Waals surface area (Å²) in [6.45, 7) is 7.49. The highest BCUT2D eigenvalue weighted by atomic mass is 16.5. The summed E-state index contributed by atoms with van der Waals surface area (Å²) in [6, 6.07) is 0.